The highest BCUT2D eigenvalue weighted by molar-refractivity contribution is 5.71. The average Bonchev–Trinajstić information content (AvgIpc) is 3.22. The number of rotatable bonds is 47. The molecule has 0 fully saturated rings. The largest absolute Gasteiger partial charge is 0.462 e. The predicted octanol–water partition coefficient (Wildman–Crippen LogP) is 17.2. The van der Waals surface area contributed by atoms with Gasteiger partial charge in [-0.15, -0.1) is 0 Å². The lowest BCUT2D eigenvalue weighted by Gasteiger charge is -2.18. The Bertz CT molecular complexity index is 931. The zero-order valence-corrected chi connectivity index (χ0v) is 41.3. The lowest BCUT2D eigenvalue weighted by atomic mass is 9.99. The highest BCUT2D eigenvalue weighted by atomic mass is 16.6. The van der Waals surface area contributed by atoms with Crippen LogP contribution in [0.1, 0.15) is 292 Å². The molecule has 6 nitrogen and oxygen atoms in total. The molecule has 0 aliphatic carbocycles. The zero-order chi connectivity index (χ0) is 44.2. The molecule has 0 aromatic rings. The van der Waals surface area contributed by atoms with Gasteiger partial charge in [0.2, 0.25) is 0 Å². The fourth-order valence-corrected chi connectivity index (χ4v) is 8.08. The summed E-state index contributed by atoms with van der Waals surface area (Å²) in [5.74, 6) is 1.65. The molecule has 0 aliphatic rings. The third-order valence-electron chi connectivity index (χ3n) is 12.5. The molecule has 0 saturated heterocycles. The molecule has 0 bridgehead atoms. The number of unbranched alkanes of at least 4 members (excludes halogenated alkanes) is 29. The van der Waals surface area contributed by atoms with Crippen LogP contribution in [0.2, 0.25) is 0 Å². The molecule has 0 radical (unpaired) electrons. The molecule has 60 heavy (non-hydrogen) atoms. The maximum atomic E-state index is 12.8. The van der Waals surface area contributed by atoms with Crippen LogP contribution in [0, 0.1) is 17.8 Å². The van der Waals surface area contributed by atoms with Gasteiger partial charge in [-0.3, -0.25) is 14.4 Å². The third-order valence-corrected chi connectivity index (χ3v) is 12.5. The van der Waals surface area contributed by atoms with Gasteiger partial charge in [-0.25, -0.2) is 0 Å². The van der Waals surface area contributed by atoms with E-state index in [1.165, 1.54) is 173 Å². The molecule has 2 atom stereocenters. The fourth-order valence-electron chi connectivity index (χ4n) is 8.08. The average molecular weight is 849 g/mol. The second kappa shape index (κ2) is 45.4. The van der Waals surface area contributed by atoms with E-state index in [4.69, 9.17) is 14.2 Å². The van der Waals surface area contributed by atoms with Crippen LogP contribution < -0.4 is 0 Å². The number of hydrogen-bond acceptors (Lipinski definition) is 6. The van der Waals surface area contributed by atoms with Crippen molar-refractivity contribution in [2.45, 2.75) is 298 Å². The minimum Gasteiger partial charge on any atom is -0.462 e. The summed E-state index contributed by atoms with van der Waals surface area (Å²) in [7, 11) is 0. The van der Waals surface area contributed by atoms with Crippen molar-refractivity contribution in [3.8, 4) is 0 Å². The van der Waals surface area contributed by atoms with Crippen LogP contribution in [-0.2, 0) is 28.6 Å². The lowest BCUT2D eigenvalue weighted by Crippen LogP contribution is -2.30. The summed E-state index contributed by atoms with van der Waals surface area (Å²) in [4.78, 5) is 38.0. The summed E-state index contributed by atoms with van der Waals surface area (Å²) in [5, 5.41) is 0. The number of hydrogen-bond donors (Lipinski definition) is 0. The van der Waals surface area contributed by atoms with E-state index in [1.807, 2.05) is 0 Å². The molecule has 0 aromatic heterocycles. The van der Waals surface area contributed by atoms with E-state index in [2.05, 4.69) is 41.5 Å². The van der Waals surface area contributed by atoms with Crippen LogP contribution in [0.15, 0.2) is 0 Å². The van der Waals surface area contributed by atoms with Crippen LogP contribution in [0.5, 0.6) is 0 Å². The minimum absolute atomic E-state index is 0.0649. The van der Waals surface area contributed by atoms with Gasteiger partial charge in [0.05, 0.1) is 0 Å². The Morgan fingerprint density at radius 1 is 0.333 bits per heavy atom. The van der Waals surface area contributed by atoms with Crippen molar-refractivity contribution in [3.05, 3.63) is 0 Å². The number of esters is 3. The Morgan fingerprint density at radius 3 is 0.867 bits per heavy atom. The Balaban J connectivity index is 4.27. The van der Waals surface area contributed by atoms with Crippen molar-refractivity contribution in [3.63, 3.8) is 0 Å². The van der Waals surface area contributed by atoms with Gasteiger partial charge in [0.15, 0.2) is 6.10 Å². The van der Waals surface area contributed by atoms with Gasteiger partial charge in [-0.2, -0.15) is 0 Å². The molecule has 0 saturated carbocycles. The molecule has 0 heterocycles. The zero-order valence-electron chi connectivity index (χ0n) is 41.3. The number of carbonyl (C=O) groups excluding carboxylic acids is 3. The van der Waals surface area contributed by atoms with Crippen LogP contribution in [-0.4, -0.2) is 37.2 Å². The summed E-state index contributed by atoms with van der Waals surface area (Å²) < 4.78 is 16.8. The summed E-state index contributed by atoms with van der Waals surface area (Å²) in [6.07, 6.45) is 45.2. The first-order chi connectivity index (χ1) is 29.1. The Labute approximate surface area is 374 Å². The fraction of sp³-hybridized carbons (Fsp3) is 0.944. The van der Waals surface area contributed by atoms with Crippen molar-refractivity contribution in [1.82, 2.24) is 0 Å². The highest BCUT2D eigenvalue weighted by Crippen LogP contribution is 2.18. The number of carbonyl (C=O) groups is 3. The van der Waals surface area contributed by atoms with Crippen LogP contribution in [0.25, 0.3) is 0 Å². The highest BCUT2D eigenvalue weighted by Gasteiger charge is 2.19. The Morgan fingerprint density at radius 2 is 0.583 bits per heavy atom. The predicted molar refractivity (Wildman–Crippen MR) is 256 cm³/mol. The Hall–Kier alpha value is -1.59. The summed E-state index contributed by atoms with van der Waals surface area (Å²) in [6, 6.07) is 0. The summed E-state index contributed by atoms with van der Waals surface area (Å²) in [5.41, 5.74) is 0. The molecule has 0 amide bonds. The SMILES string of the molecule is CCC(C)CCCCCCCCCCCCCCCCC(=O)OC[C@@H](COC(=O)CCCCCCCCCCCCC(C)C)OC(=O)CCCCCCCCCCC(C)C. The topological polar surface area (TPSA) is 78.9 Å². The molecule has 0 rings (SSSR count). The van der Waals surface area contributed by atoms with Gasteiger partial charge >= 0.3 is 17.9 Å². The van der Waals surface area contributed by atoms with Gasteiger partial charge < -0.3 is 14.2 Å². The van der Waals surface area contributed by atoms with Gasteiger partial charge in [0, 0.05) is 19.3 Å². The second-order valence-corrected chi connectivity index (χ2v) is 19.7. The van der Waals surface area contributed by atoms with Gasteiger partial charge in [-0.05, 0) is 37.0 Å². The first-order valence-electron chi connectivity index (χ1n) is 26.6. The molecule has 0 N–H and O–H groups in total. The van der Waals surface area contributed by atoms with E-state index >= 15 is 0 Å². The van der Waals surface area contributed by atoms with E-state index in [0.717, 1.165) is 75.5 Å². The molecule has 0 aromatic carbocycles. The monoisotopic (exact) mass is 849 g/mol. The first kappa shape index (κ1) is 58.4. The summed E-state index contributed by atoms with van der Waals surface area (Å²) in [6.45, 7) is 13.7. The van der Waals surface area contributed by atoms with Gasteiger partial charge in [0.1, 0.15) is 13.2 Å². The van der Waals surface area contributed by atoms with E-state index in [0.29, 0.717) is 19.3 Å². The molecule has 356 valence electrons. The van der Waals surface area contributed by atoms with E-state index in [-0.39, 0.29) is 31.1 Å². The van der Waals surface area contributed by atoms with E-state index in [9.17, 15) is 14.4 Å². The number of ether oxygens (including phenoxy) is 3. The quantitative estimate of drug-likeness (QED) is 0.0345. The molecule has 0 spiro atoms. The molecular formula is C54H104O6. The minimum atomic E-state index is -0.763. The van der Waals surface area contributed by atoms with Gasteiger partial charge in [-0.1, -0.05) is 253 Å². The van der Waals surface area contributed by atoms with E-state index in [1.54, 1.807) is 0 Å². The second-order valence-electron chi connectivity index (χ2n) is 19.7. The van der Waals surface area contributed by atoms with Crippen molar-refractivity contribution < 1.29 is 28.6 Å². The van der Waals surface area contributed by atoms with Gasteiger partial charge in [0.25, 0.3) is 0 Å². The normalized spacial score (nSPS) is 12.6. The molecule has 6 heteroatoms. The molecular weight excluding hydrogens is 745 g/mol. The van der Waals surface area contributed by atoms with Crippen LogP contribution in [0.3, 0.4) is 0 Å². The smallest absolute Gasteiger partial charge is 0.306 e. The Kier molecular flexibility index (Phi) is 44.2. The lowest BCUT2D eigenvalue weighted by molar-refractivity contribution is -0.167. The maximum Gasteiger partial charge on any atom is 0.306 e. The van der Waals surface area contributed by atoms with Crippen LogP contribution >= 0.6 is 0 Å². The maximum absolute atomic E-state index is 12.8. The van der Waals surface area contributed by atoms with E-state index < -0.39 is 6.10 Å². The molecule has 0 aliphatic heterocycles. The van der Waals surface area contributed by atoms with Crippen molar-refractivity contribution in [1.29, 1.82) is 0 Å². The van der Waals surface area contributed by atoms with Crippen LogP contribution in [0.4, 0.5) is 0 Å². The standard InChI is InChI=1S/C54H104O6/c1-7-50(6)42-36-30-24-17-12-10-8-9-11-13-18-25-31-37-43-52(55)58-46-51(60-54(57)45-39-33-27-21-20-23-29-35-41-49(4)5)47-59-53(56)44-38-32-26-19-15-14-16-22-28-34-40-48(2)3/h48-51H,7-47H2,1-6H3/t50?,51-/m0/s1. The summed E-state index contributed by atoms with van der Waals surface area (Å²) >= 11 is 0. The van der Waals surface area contributed by atoms with Crippen molar-refractivity contribution in [2.75, 3.05) is 13.2 Å². The molecule has 1 unspecified atom stereocenters. The van der Waals surface area contributed by atoms with Crippen molar-refractivity contribution in [2.24, 2.45) is 17.8 Å². The first-order valence-corrected chi connectivity index (χ1v) is 26.6. The third kappa shape index (κ3) is 45.9. The van der Waals surface area contributed by atoms with Crippen molar-refractivity contribution >= 4 is 17.9 Å².